The van der Waals surface area contributed by atoms with Crippen LogP contribution < -0.4 is 10.2 Å². The van der Waals surface area contributed by atoms with Gasteiger partial charge in [0.25, 0.3) is 0 Å². The van der Waals surface area contributed by atoms with E-state index in [-0.39, 0.29) is 11.9 Å². The van der Waals surface area contributed by atoms with Crippen LogP contribution in [0.4, 0.5) is 10.1 Å². The highest BCUT2D eigenvalue weighted by molar-refractivity contribution is 5.56. The largest absolute Gasteiger partial charge is 0.368 e. The minimum Gasteiger partial charge on any atom is -0.368 e. The van der Waals surface area contributed by atoms with Crippen molar-refractivity contribution in [2.75, 3.05) is 18.0 Å². The van der Waals surface area contributed by atoms with Crippen molar-refractivity contribution >= 4 is 5.69 Å². The van der Waals surface area contributed by atoms with E-state index in [0.29, 0.717) is 6.04 Å². The van der Waals surface area contributed by atoms with Crippen LogP contribution in [0.3, 0.4) is 0 Å². The Bertz CT molecular complexity index is 441. The van der Waals surface area contributed by atoms with Crippen LogP contribution in [0, 0.1) is 5.82 Å². The summed E-state index contributed by atoms with van der Waals surface area (Å²) in [5.41, 5.74) is 1.91. The minimum atomic E-state index is -0.0878. The summed E-state index contributed by atoms with van der Waals surface area (Å²) in [6.45, 7) is 8.10. The first-order valence-electron chi connectivity index (χ1n) is 8.47. The molecule has 0 bridgehead atoms. The third kappa shape index (κ3) is 3.76. The van der Waals surface area contributed by atoms with Crippen LogP contribution in [0.25, 0.3) is 0 Å². The van der Waals surface area contributed by atoms with E-state index < -0.39 is 0 Å². The van der Waals surface area contributed by atoms with Crippen molar-refractivity contribution < 1.29 is 4.39 Å². The molecule has 118 valence electrons. The average molecular weight is 292 g/mol. The Morgan fingerprint density at radius 2 is 1.95 bits per heavy atom. The Morgan fingerprint density at radius 3 is 2.57 bits per heavy atom. The second-order valence-corrected chi connectivity index (χ2v) is 6.03. The van der Waals surface area contributed by atoms with Crippen LogP contribution in [0.2, 0.25) is 0 Å². The molecule has 0 aromatic heterocycles. The molecule has 1 aliphatic carbocycles. The van der Waals surface area contributed by atoms with Crippen LogP contribution in [-0.4, -0.2) is 19.1 Å². The summed E-state index contributed by atoms with van der Waals surface area (Å²) in [6.07, 6.45) is 6.42. The van der Waals surface area contributed by atoms with E-state index in [2.05, 4.69) is 37.1 Å². The normalized spacial score (nSPS) is 17.7. The van der Waals surface area contributed by atoms with Crippen molar-refractivity contribution in [1.29, 1.82) is 0 Å². The summed E-state index contributed by atoms with van der Waals surface area (Å²) in [6, 6.07) is 6.13. The lowest BCUT2D eigenvalue weighted by molar-refractivity contribution is 0.415. The third-order valence-corrected chi connectivity index (χ3v) is 4.64. The summed E-state index contributed by atoms with van der Waals surface area (Å²) < 4.78 is 14.4. The van der Waals surface area contributed by atoms with Crippen molar-refractivity contribution in [3.63, 3.8) is 0 Å². The fraction of sp³-hybridized carbons (Fsp3) is 0.667. The van der Waals surface area contributed by atoms with Crippen molar-refractivity contribution in [1.82, 2.24) is 5.32 Å². The molecule has 0 amide bonds. The number of hydrogen-bond donors (Lipinski definition) is 1. The monoisotopic (exact) mass is 292 g/mol. The van der Waals surface area contributed by atoms with E-state index in [1.165, 1.54) is 32.1 Å². The Hall–Kier alpha value is -1.09. The minimum absolute atomic E-state index is 0.0452. The molecule has 1 unspecified atom stereocenters. The lowest BCUT2D eigenvalue weighted by Crippen LogP contribution is -2.38. The van der Waals surface area contributed by atoms with E-state index in [4.69, 9.17) is 0 Å². The summed E-state index contributed by atoms with van der Waals surface area (Å²) >= 11 is 0. The fourth-order valence-corrected chi connectivity index (χ4v) is 3.63. The van der Waals surface area contributed by atoms with E-state index in [1.807, 2.05) is 6.07 Å². The number of halogens is 1. The van der Waals surface area contributed by atoms with E-state index in [0.717, 1.165) is 24.3 Å². The fourth-order valence-electron chi connectivity index (χ4n) is 3.63. The SMILES string of the molecule is CCNC(C)c1c(F)cccc1N(CC)C1CCCCC1. The van der Waals surface area contributed by atoms with Crippen molar-refractivity contribution in [2.45, 2.75) is 65.0 Å². The second kappa shape index (κ2) is 7.79. The zero-order chi connectivity index (χ0) is 15.2. The third-order valence-electron chi connectivity index (χ3n) is 4.64. The van der Waals surface area contributed by atoms with Gasteiger partial charge in [-0.05, 0) is 45.4 Å². The van der Waals surface area contributed by atoms with Gasteiger partial charge in [-0.1, -0.05) is 32.3 Å². The number of hydrogen-bond acceptors (Lipinski definition) is 2. The van der Waals surface area contributed by atoms with Gasteiger partial charge in [-0.15, -0.1) is 0 Å². The molecule has 0 heterocycles. The van der Waals surface area contributed by atoms with Crippen LogP contribution in [-0.2, 0) is 0 Å². The Morgan fingerprint density at radius 1 is 1.24 bits per heavy atom. The van der Waals surface area contributed by atoms with E-state index in [9.17, 15) is 4.39 Å². The van der Waals surface area contributed by atoms with Gasteiger partial charge in [0.1, 0.15) is 5.82 Å². The smallest absolute Gasteiger partial charge is 0.130 e. The lowest BCUT2D eigenvalue weighted by Gasteiger charge is -2.37. The molecule has 2 nitrogen and oxygen atoms in total. The molecule has 1 N–H and O–H groups in total. The zero-order valence-electron chi connectivity index (χ0n) is 13.7. The highest BCUT2D eigenvalue weighted by atomic mass is 19.1. The highest BCUT2D eigenvalue weighted by Crippen LogP contribution is 2.33. The molecule has 0 saturated heterocycles. The summed E-state index contributed by atoms with van der Waals surface area (Å²) in [4.78, 5) is 2.42. The molecular formula is C18H29FN2. The van der Waals surface area contributed by atoms with Crippen LogP contribution in [0.1, 0.15) is 64.5 Å². The number of nitrogens with one attached hydrogen (secondary N) is 1. The zero-order valence-corrected chi connectivity index (χ0v) is 13.7. The van der Waals surface area contributed by atoms with Crippen molar-refractivity contribution in [3.05, 3.63) is 29.6 Å². The molecule has 1 aliphatic rings. The molecule has 0 aliphatic heterocycles. The van der Waals surface area contributed by atoms with Gasteiger partial charge in [-0.3, -0.25) is 0 Å². The topological polar surface area (TPSA) is 15.3 Å². The molecule has 1 aromatic rings. The number of rotatable bonds is 6. The standard InChI is InChI=1S/C18H29FN2/c1-4-20-14(3)18-16(19)12-9-13-17(18)21(5-2)15-10-7-6-8-11-15/h9,12-15,20H,4-8,10-11H2,1-3H3. The van der Waals surface area contributed by atoms with Gasteiger partial charge in [0.15, 0.2) is 0 Å². The molecule has 0 spiro atoms. The summed E-state index contributed by atoms with van der Waals surface area (Å²) in [5.74, 6) is -0.0878. The Balaban J connectivity index is 2.33. The predicted molar refractivity (Wildman–Crippen MR) is 88.4 cm³/mol. The lowest BCUT2D eigenvalue weighted by atomic mass is 9.92. The van der Waals surface area contributed by atoms with E-state index >= 15 is 0 Å². The van der Waals surface area contributed by atoms with Gasteiger partial charge in [0.2, 0.25) is 0 Å². The van der Waals surface area contributed by atoms with Gasteiger partial charge >= 0.3 is 0 Å². The first kappa shape index (κ1) is 16.3. The maximum absolute atomic E-state index is 14.4. The Kier molecular flexibility index (Phi) is 6.04. The van der Waals surface area contributed by atoms with Gasteiger partial charge in [0.05, 0.1) is 0 Å². The van der Waals surface area contributed by atoms with Crippen LogP contribution >= 0.6 is 0 Å². The molecule has 3 heteroatoms. The van der Waals surface area contributed by atoms with Gasteiger partial charge in [-0.2, -0.15) is 0 Å². The second-order valence-electron chi connectivity index (χ2n) is 6.03. The van der Waals surface area contributed by atoms with Crippen molar-refractivity contribution in [2.24, 2.45) is 0 Å². The van der Waals surface area contributed by atoms with Gasteiger partial charge in [0, 0.05) is 29.9 Å². The Labute approximate surface area is 128 Å². The van der Waals surface area contributed by atoms with Crippen LogP contribution in [0.5, 0.6) is 0 Å². The summed E-state index contributed by atoms with van der Waals surface area (Å²) in [7, 11) is 0. The molecule has 2 rings (SSSR count). The summed E-state index contributed by atoms with van der Waals surface area (Å²) in [5, 5.41) is 3.36. The molecule has 0 radical (unpaired) electrons. The van der Waals surface area contributed by atoms with Crippen LogP contribution in [0.15, 0.2) is 18.2 Å². The quantitative estimate of drug-likeness (QED) is 0.820. The van der Waals surface area contributed by atoms with E-state index in [1.54, 1.807) is 6.07 Å². The van der Waals surface area contributed by atoms with Gasteiger partial charge in [-0.25, -0.2) is 4.39 Å². The predicted octanol–water partition coefficient (Wildman–Crippen LogP) is 4.66. The molecule has 1 fully saturated rings. The first-order valence-corrected chi connectivity index (χ1v) is 8.47. The molecule has 1 saturated carbocycles. The number of benzene rings is 1. The highest BCUT2D eigenvalue weighted by Gasteiger charge is 2.25. The molecule has 1 aromatic carbocycles. The maximum atomic E-state index is 14.4. The maximum Gasteiger partial charge on any atom is 0.130 e. The average Bonchev–Trinajstić information content (AvgIpc) is 2.49. The number of nitrogens with zero attached hydrogens (tertiary/aromatic N) is 1. The van der Waals surface area contributed by atoms with Crippen molar-refractivity contribution in [3.8, 4) is 0 Å². The molecule has 21 heavy (non-hydrogen) atoms. The first-order chi connectivity index (χ1) is 10.2. The number of anilines is 1. The van der Waals surface area contributed by atoms with Gasteiger partial charge < -0.3 is 10.2 Å². The molecular weight excluding hydrogens is 263 g/mol. The molecule has 1 atom stereocenters.